The number of hydrogen-bond donors (Lipinski definition) is 3. The fourth-order valence-corrected chi connectivity index (χ4v) is 3.68. The third kappa shape index (κ3) is 6.75. The van der Waals surface area contributed by atoms with E-state index in [1.165, 1.54) is 12.8 Å². The summed E-state index contributed by atoms with van der Waals surface area (Å²) in [5.74, 6) is 0.594. The Labute approximate surface area is 158 Å². The van der Waals surface area contributed by atoms with Crippen molar-refractivity contribution in [3.8, 4) is 0 Å². The summed E-state index contributed by atoms with van der Waals surface area (Å²) in [4.78, 5) is 23.7. The van der Waals surface area contributed by atoms with E-state index in [0.717, 1.165) is 18.4 Å². The Balaban J connectivity index is 1.63. The minimum absolute atomic E-state index is 0.0652. The van der Waals surface area contributed by atoms with Crippen LogP contribution in [0.5, 0.6) is 0 Å². The largest absolute Gasteiger partial charge is 0.354 e. The highest BCUT2D eigenvalue weighted by Gasteiger charge is 2.18. The van der Waals surface area contributed by atoms with Crippen LogP contribution in [0, 0.1) is 5.92 Å². The summed E-state index contributed by atoms with van der Waals surface area (Å²) in [6, 6.07) is 4.62. The molecule has 2 rings (SSSR count). The van der Waals surface area contributed by atoms with Crippen molar-refractivity contribution in [2.75, 3.05) is 13.1 Å². The molecule has 1 saturated carbocycles. The molecule has 0 spiro atoms. The van der Waals surface area contributed by atoms with Crippen LogP contribution in [0.25, 0.3) is 0 Å². The van der Waals surface area contributed by atoms with Gasteiger partial charge in [-0.15, -0.1) is 0 Å². The standard InChI is InChI=1S/C18H25Cl2N3O2/c1-12(15-7-6-14(19)11-16(15)20)23-18(25)22-9-8-21-17(24)10-13-4-2-3-5-13/h6-7,11-13H,2-5,8-10H2,1H3,(H,21,24)(H2,22,23,25). The van der Waals surface area contributed by atoms with Crippen LogP contribution in [0.15, 0.2) is 18.2 Å². The molecule has 5 nitrogen and oxygen atoms in total. The van der Waals surface area contributed by atoms with Crippen molar-refractivity contribution >= 4 is 35.1 Å². The van der Waals surface area contributed by atoms with Crippen LogP contribution in [0.4, 0.5) is 4.79 Å². The number of benzene rings is 1. The van der Waals surface area contributed by atoms with E-state index in [4.69, 9.17) is 23.2 Å². The van der Waals surface area contributed by atoms with Gasteiger partial charge in [0.2, 0.25) is 5.91 Å². The molecule has 3 amide bonds. The van der Waals surface area contributed by atoms with E-state index in [2.05, 4.69) is 16.0 Å². The molecule has 1 aliphatic carbocycles. The zero-order valence-electron chi connectivity index (χ0n) is 14.4. The average Bonchev–Trinajstić information content (AvgIpc) is 3.04. The van der Waals surface area contributed by atoms with E-state index >= 15 is 0 Å². The van der Waals surface area contributed by atoms with Gasteiger partial charge in [-0.3, -0.25) is 4.79 Å². The summed E-state index contributed by atoms with van der Waals surface area (Å²) < 4.78 is 0. The summed E-state index contributed by atoms with van der Waals surface area (Å²) in [6.07, 6.45) is 5.36. The van der Waals surface area contributed by atoms with Gasteiger partial charge in [-0.25, -0.2) is 4.79 Å². The second-order valence-corrected chi connectivity index (χ2v) is 7.34. The lowest BCUT2D eigenvalue weighted by molar-refractivity contribution is -0.121. The number of carbonyl (C=O) groups is 2. The normalized spacial score (nSPS) is 15.6. The molecule has 0 aliphatic heterocycles. The van der Waals surface area contributed by atoms with Gasteiger partial charge in [0.05, 0.1) is 6.04 Å². The monoisotopic (exact) mass is 385 g/mol. The zero-order chi connectivity index (χ0) is 18.2. The maximum absolute atomic E-state index is 11.9. The Morgan fingerprint density at radius 1 is 1.16 bits per heavy atom. The summed E-state index contributed by atoms with van der Waals surface area (Å²) in [5.41, 5.74) is 0.797. The Hall–Kier alpha value is -1.46. The summed E-state index contributed by atoms with van der Waals surface area (Å²) in [5, 5.41) is 9.46. The molecule has 0 heterocycles. The van der Waals surface area contributed by atoms with Crippen molar-refractivity contribution in [3.05, 3.63) is 33.8 Å². The van der Waals surface area contributed by atoms with E-state index in [9.17, 15) is 9.59 Å². The van der Waals surface area contributed by atoms with Gasteiger partial charge in [-0.2, -0.15) is 0 Å². The number of rotatable bonds is 7. The number of nitrogens with one attached hydrogen (secondary N) is 3. The van der Waals surface area contributed by atoms with E-state index in [1.807, 2.05) is 6.92 Å². The molecule has 1 aromatic rings. The molecule has 1 unspecified atom stereocenters. The summed E-state index contributed by atoms with van der Waals surface area (Å²) in [6.45, 7) is 2.65. The Bertz CT molecular complexity index is 604. The van der Waals surface area contributed by atoms with Crippen molar-refractivity contribution in [1.29, 1.82) is 0 Å². The van der Waals surface area contributed by atoms with Crippen LogP contribution >= 0.6 is 23.2 Å². The van der Waals surface area contributed by atoms with Gasteiger partial charge in [0, 0.05) is 29.6 Å². The van der Waals surface area contributed by atoms with Crippen molar-refractivity contribution < 1.29 is 9.59 Å². The van der Waals surface area contributed by atoms with Crippen LogP contribution in [0.3, 0.4) is 0 Å². The molecule has 25 heavy (non-hydrogen) atoms. The molecule has 0 saturated heterocycles. The van der Waals surface area contributed by atoms with E-state index in [1.54, 1.807) is 18.2 Å². The number of urea groups is 1. The first-order valence-corrected chi connectivity index (χ1v) is 9.47. The van der Waals surface area contributed by atoms with Gasteiger partial charge in [0.25, 0.3) is 0 Å². The van der Waals surface area contributed by atoms with E-state index in [-0.39, 0.29) is 18.0 Å². The predicted molar refractivity (Wildman–Crippen MR) is 101 cm³/mol. The number of hydrogen-bond acceptors (Lipinski definition) is 2. The third-order valence-corrected chi connectivity index (χ3v) is 5.02. The fourth-order valence-electron chi connectivity index (χ4n) is 3.10. The average molecular weight is 386 g/mol. The minimum atomic E-state index is -0.302. The highest BCUT2D eigenvalue weighted by Crippen LogP contribution is 2.27. The number of amides is 3. The molecule has 0 bridgehead atoms. The smallest absolute Gasteiger partial charge is 0.315 e. The van der Waals surface area contributed by atoms with Crippen LogP contribution in [0.1, 0.15) is 50.6 Å². The van der Waals surface area contributed by atoms with Gasteiger partial charge in [0.1, 0.15) is 0 Å². The Kier molecular flexibility index (Phi) is 7.85. The Morgan fingerprint density at radius 3 is 2.52 bits per heavy atom. The van der Waals surface area contributed by atoms with Gasteiger partial charge in [-0.05, 0) is 43.4 Å². The predicted octanol–water partition coefficient (Wildman–Crippen LogP) is 4.05. The first kappa shape index (κ1) is 19.9. The van der Waals surface area contributed by atoms with Gasteiger partial charge in [-0.1, -0.05) is 42.1 Å². The quantitative estimate of drug-likeness (QED) is 0.619. The summed E-state index contributed by atoms with van der Waals surface area (Å²) >= 11 is 12.0. The van der Waals surface area contributed by atoms with Crippen LogP contribution in [0.2, 0.25) is 10.0 Å². The molecule has 7 heteroatoms. The number of halogens is 2. The first-order chi connectivity index (χ1) is 12.0. The third-order valence-electron chi connectivity index (χ3n) is 4.46. The van der Waals surface area contributed by atoms with Crippen molar-refractivity contribution in [2.24, 2.45) is 5.92 Å². The highest BCUT2D eigenvalue weighted by molar-refractivity contribution is 6.35. The lowest BCUT2D eigenvalue weighted by Gasteiger charge is -2.16. The molecule has 1 fully saturated rings. The zero-order valence-corrected chi connectivity index (χ0v) is 15.9. The van der Waals surface area contributed by atoms with Gasteiger partial charge < -0.3 is 16.0 Å². The SMILES string of the molecule is CC(NC(=O)NCCNC(=O)CC1CCCC1)c1ccc(Cl)cc1Cl. The maximum Gasteiger partial charge on any atom is 0.315 e. The van der Waals surface area contributed by atoms with Crippen molar-refractivity contribution in [3.63, 3.8) is 0 Å². The molecule has 3 N–H and O–H groups in total. The van der Waals surface area contributed by atoms with E-state index < -0.39 is 0 Å². The van der Waals surface area contributed by atoms with Crippen molar-refractivity contribution in [1.82, 2.24) is 16.0 Å². The molecular weight excluding hydrogens is 361 g/mol. The fraction of sp³-hybridized carbons (Fsp3) is 0.556. The molecular formula is C18H25Cl2N3O2. The second kappa shape index (κ2) is 9.88. The molecule has 0 radical (unpaired) electrons. The lowest BCUT2D eigenvalue weighted by Crippen LogP contribution is -2.41. The lowest BCUT2D eigenvalue weighted by atomic mass is 10.0. The Morgan fingerprint density at radius 2 is 1.84 bits per heavy atom. The van der Waals surface area contributed by atoms with E-state index in [0.29, 0.717) is 35.5 Å². The van der Waals surface area contributed by atoms with Gasteiger partial charge in [0.15, 0.2) is 0 Å². The molecule has 1 aromatic carbocycles. The van der Waals surface area contributed by atoms with Gasteiger partial charge >= 0.3 is 6.03 Å². The second-order valence-electron chi connectivity index (χ2n) is 6.49. The highest BCUT2D eigenvalue weighted by atomic mass is 35.5. The molecule has 0 aromatic heterocycles. The molecule has 1 atom stereocenters. The topological polar surface area (TPSA) is 70.2 Å². The summed E-state index contributed by atoms with van der Waals surface area (Å²) in [7, 11) is 0. The minimum Gasteiger partial charge on any atom is -0.354 e. The van der Waals surface area contributed by atoms with Crippen molar-refractivity contribution in [2.45, 2.75) is 45.1 Å². The van der Waals surface area contributed by atoms with Crippen LogP contribution < -0.4 is 16.0 Å². The number of carbonyl (C=O) groups excluding carboxylic acids is 2. The molecule has 1 aliphatic rings. The van der Waals surface area contributed by atoms with Crippen LogP contribution in [-0.4, -0.2) is 25.0 Å². The molecule has 138 valence electrons. The maximum atomic E-state index is 11.9. The first-order valence-electron chi connectivity index (χ1n) is 8.71. The van der Waals surface area contributed by atoms with Crippen LogP contribution in [-0.2, 0) is 4.79 Å².